The van der Waals surface area contributed by atoms with Crippen LogP contribution in [0, 0.1) is 0 Å². The summed E-state index contributed by atoms with van der Waals surface area (Å²) >= 11 is 0. The first-order chi connectivity index (χ1) is 16.6. The number of esters is 1. The Labute approximate surface area is 206 Å². The van der Waals surface area contributed by atoms with Gasteiger partial charge >= 0.3 is 5.97 Å². The van der Waals surface area contributed by atoms with Crippen LogP contribution in [0.25, 0.3) is 0 Å². The maximum absolute atomic E-state index is 12.3. The normalized spacial score (nSPS) is 12.9. The lowest BCUT2D eigenvalue weighted by Gasteiger charge is -2.13. The zero-order valence-electron chi connectivity index (χ0n) is 21.3. The highest BCUT2D eigenvalue weighted by Crippen LogP contribution is 2.22. The topological polar surface area (TPSA) is 63.7 Å². The fraction of sp³-hybridized carbons (Fsp3) is 0.690. The zero-order valence-corrected chi connectivity index (χ0v) is 21.3. The van der Waals surface area contributed by atoms with Crippen molar-refractivity contribution in [3.63, 3.8) is 0 Å². The van der Waals surface area contributed by atoms with Crippen molar-refractivity contribution in [3.8, 4) is 0 Å². The van der Waals surface area contributed by atoms with Gasteiger partial charge in [0.1, 0.15) is 0 Å². The molecule has 1 heterocycles. The van der Waals surface area contributed by atoms with E-state index in [4.69, 9.17) is 4.74 Å². The second-order valence-electron chi connectivity index (χ2n) is 9.58. The molecule has 0 radical (unpaired) electrons. The Morgan fingerprint density at radius 1 is 0.676 bits per heavy atom. The van der Waals surface area contributed by atoms with E-state index in [1.807, 2.05) is 0 Å². The van der Waals surface area contributed by atoms with Crippen LogP contribution < -0.4 is 0 Å². The fourth-order valence-corrected chi connectivity index (χ4v) is 4.55. The minimum Gasteiger partial charge on any atom is -0.466 e. The predicted octanol–water partition coefficient (Wildman–Crippen LogP) is 7.48. The van der Waals surface area contributed by atoms with Crippen LogP contribution in [0.2, 0.25) is 0 Å². The van der Waals surface area contributed by atoms with Crippen molar-refractivity contribution in [1.29, 1.82) is 0 Å². The fourth-order valence-electron chi connectivity index (χ4n) is 4.55. The van der Waals surface area contributed by atoms with E-state index in [0.717, 1.165) is 17.7 Å². The van der Waals surface area contributed by atoms with Crippen molar-refractivity contribution in [2.75, 3.05) is 13.2 Å². The minimum atomic E-state index is -0.350. The Morgan fingerprint density at radius 3 is 1.53 bits per heavy atom. The average molecular weight is 472 g/mol. The first kappa shape index (κ1) is 28.1. The lowest BCUT2D eigenvalue weighted by Crippen LogP contribution is -2.32. The molecule has 5 heteroatoms. The van der Waals surface area contributed by atoms with Crippen molar-refractivity contribution in [1.82, 2.24) is 4.90 Å². The van der Waals surface area contributed by atoms with Crippen LogP contribution in [0.3, 0.4) is 0 Å². The van der Waals surface area contributed by atoms with Gasteiger partial charge in [-0.2, -0.15) is 0 Å². The molecule has 0 saturated carbocycles. The summed E-state index contributed by atoms with van der Waals surface area (Å²) in [5.41, 5.74) is 0.822. The first-order valence-electron chi connectivity index (χ1n) is 13.8. The summed E-state index contributed by atoms with van der Waals surface area (Å²) in [6.45, 7) is 2.76. The van der Waals surface area contributed by atoms with E-state index in [1.54, 1.807) is 24.3 Å². The van der Waals surface area contributed by atoms with Gasteiger partial charge in [-0.3, -0.25) is 19.3 Å². The Morgan fingerprint density at radius 2 is 1.09 bits per heavy atom. The molecule has 34 heavy (non-hydrogen) atoms. The molecule has 0 unspecified atom stereocenters. The second kappa shape index (κ2) is 17.3. The number of benzene rings is 1. The van der Waals surface area contributed by atoms with Crippen LogP contribution >= 0.6 is 0 Å². The highest BCUT2D eigenvalue weighted by Gasteiger charge is 2.35. The summed E-state index contributed by atoms with van der Waals surface area (Å²) < 4.78 is 5.28. The third-order valence-corrected chi connectivity index (χ3v) is 6.68. The molecular weight excluding hydrogens is 426 g/mol. The number of ether oxygens (including phenoxy) is 1. The van der Waals surface area contributed by atoms with Crippen molar-refractivity contribution >= 4 is 17.8 Å². The highest BCUT2D eigenvalue weighted by molar-refractivity contribution is 6.21. The van der Waals surface area contributed by atoms with Crippen LogP contribution in [-0.4, -0.2) is 35.8 Å². The molecule has 0 bridgehead atoms. The Kier molecular flexibility index (Phi) is 14.3. The molecule has 190 valence electrons. The van der Waals surface area contributed by atoms with Gasteiger partial charge in [0.15, 0.2) is 0 Å². The summed E-state index contributed by atoms with van der Waals surface area (Å²) in [7, 11) is 0. The Balaban J connectivity index is 1.35. The van der Waals surface area contributed by atoms with E-state index in [0.29, 0.717) is 17.7 Å². The zero-order chi connectivity index (χ0) is 24.4. The minimum absolute atomic E-state index is 0.0460. The van der Waals surface area contributed by atoms with Gasteiger partial charge in [-0.15, -0.1) is 0 Å². The van der Waals surface area contributed by atoms with E-state index in [9.17, 15) is 14.4 Å². The maximum atomic E-state index is 12.3. The third-order valence-electron chi connectivity index (χ3n) is 6.68. The Hall–Kier alpha value is -2.17. The average Bonchev–Trinajstić information content (AvgIpc) is 3.09. The molecule has 1 aliphatic heterocycles. The molecule has 0 fully saturated rings. The SMILES string of the molecule is CCCCCCCCCCCCCCCCCCOC(=O)CCN1C(=O)c2ccccc2C1=O. The molecule has 0 spiro atoms. The van der Waals surface area contributed by atoms with Gasteiger partial charge in [0, 0.05) is 6.54 Å². The lowest BCUT2D eigenvalue weighted by atomic mass is 10.0. The molecule has 1 aromatic carbocycles. The first-order valence-corrected chi connectivity index (χ1v) is 13.8. The molecule has 0 N–H and O–H groups in total. The van der Waals surface area contributed by atoms with Gasteiger partial charge in [0.25, 0.3) is 11.8 Å². The molecule has 2 amide bonds. The van der Waals surface area contributed by atoms with E-state index in [-0.39, 0.29) is 30.7 Å². The van der Waals surface area contributed by atoms with Crippen molar-refractivity contribution in [2.24, 2.45) is 0 Å². The molecular formula is C29H45NO4. The summed E-state index contributed by atoms with van der Waals surface area (Å²) in [5.74, 6) is -1.00. The number of unbranched alkanes of at least 4 members (excludes halogenated alkanes) is 15. The van der Waals surface area contributed by atoms with Crippen LogP contribution in [0.4, 0.5) is 0 Å². The van der Waals surface area contributed by atoms with Gasteiger partial charge < -0.3 is 4.74 Å². The number of carbonyl (C=O) groups excluding carboxylic acids is 3. The van der Waals surface area contributed by atoms with Crippen molar-refractivity contribution < 1.29 is 19.1 Å². The lowest BCUT2D eigenvalue weighted by molar-refractivity contribution is -0.143. The predicted molar refractivity (Wildman–Crippen MR) is 137 cm³/mol. The van der Waals surface area contributed by atoms with Gasteiger partial charge in [-0.1, -0.05) is 115 Å². The number of imide groups is 1. The van der Waals surface area contributed by atoms with E-state index < -0.39 is 0 Å². The number of amides is 2. The van der Waals surface area contributed by atoms with Crippen LogP contribution in [0.5, 0.6) is 0 Å². The summed E-state index contributed by atoms with van der Waals surface area (Å²) in [4.78, 5) is 37.7. The van der Waals surface area contributed by atoms with Gasteiger partial charge in [-0.25, -0.2) is 0 Å². The Bertz CT molecular complexity index is 710. The van der Waals surface area contributed by atoms with Crippen molar-refractivity contribution in [3.05, 3.63) is 35.4 Å². The number of fused-ring (bicyclic) bond motifs is 1. The largest absolute Gasteiger partial charge is 0.466 e. The summed E-state index contributed by atoms with van der Waals surface area (Å²) in [6.07, 6.45) is 21.0. The summed E-state index contributed by atoms with van der Waals surface area (Å²) in [5, 5.41) is 0. The summed E-state index contributed by atoms with van der Waals surface area (Å²) in [6, 6.07) is 6.76. The van der Waals surface area contributed by atoms with Crippen LogP contribution in [0.15, 0.2) is 24.3 Å². The highest BCUT2D eigenvalue weighted by atomic mass is 16.5. The number of carbonyl (C=O) groups is 3. The second-order valence-corrected chi connectivity index (χ2v) is 9.58. The van der Waals surface area contributed by atoms with Crippen molar-refractivity contribution in [2.45, 2.75) is 116 Å². The van der Waals surface area contributed by atoms with E-state index in [2.05, 4.69) is 6.92 Å². The van der Waals surface area contributed by atoms with Gasteiger partial charge in [0.2, 0.25) is 0 Å². The smallest absolute Gasteiger partial charge is 0.307 e. The monoisotopic (exact) mass is 471 g/mol. The number of rotatable bonds is 20. The molecule has 1 aromatic rings. The molecule has 1 aliphatic rings. The van der Waals surface area contributed by atoms with Gasteiger partial charge in [0.05, 0.1) is 24.2 Å². The molecule has 5 nitrogen and oxygen atoms in total. The molecule has 0 aromatic heterocycles. The molecule has 2 rings (SSSR count). The number of hydrogen-bond donors (Lipinski definition) is 0. The van der Waals surface area contributed by atoms with Crippen LogP contribution in [-0.2, 0) is 9.53 Å². The van der Waals surface area contributed by atoms with Crippen LogP contribution in [0.1, 0.15) is 137 Å². The van der Waals surface area contributed by atoms with Gasteiger partial charge in [-0.05, 0) is 18.6 Å². The quantitative estimate of drug-likeness (QED) is 0.112. The van der Waals surface area contributed by atoms with E-state index in [1.165, 1.54) is 89.9 Å². The molecule has 0 atom stereocenters. The third kappa shape index (κ3) is 10.4. The van der Waals surface area contributed by atoms with E-state index >= 15 is 0 Å². The number of hydrogen-bond acceptors (Lipinski definition) is 4. The standard InChI is InChI=1S/C29H45NO4/c1-2-3-4-5-6-7-8-9-10-11-12-13-14-15-16-19-24-34-27(31)22-23-30-28(32)25-20-17-18-21-26(25)29(30)33/h17-18,20-21H,2-16,19,22-24H2,1H3. The molecule has 0 saturated heterocycles. The molecule has 0 aliphatic carbocycles. The maximum Gasteiger partial charge on any atom is 0.307 e. The number of nitrogens with zero attached hydrogens (tertiary/aromatic N) is 1.